The Morgan fingerprint density at radius 3 is 2.85 bits per heavy atom. The Morgan fingerprint density at radius 1 is 1.40 bits per heavy atom. The predicted octanol–water partition coefficient (Wildman–Crippen LogP) is -0.363. The van der Waals surface area contributed by atoms with Crippen LogP contribution in [0.2, 0.25) is 0 Å². The highest BCUT2D eigenvalue weighted by Gasteiger charge is 2.13. The number of hydrogen-bond acceptors (Lipinski definition) is 5. The maximum Gasteiger partial charge on any atom is 0.237 e. The molecular formula is C13H21N3O4. The summed E-state index contributed by atoms with van der Waals surface area (Å²) in [4.78, 5) is 23.2. The van der Waals surface area contributed by atoms with Gasteiger partial charge < -0.3 is 19.8 Å². The Balaban J connectivity index is 2.16. The zero-order chi connectivity index (χ0) is 14.8. The Morgan fingerprint density at radius 2 is 2.20 bits per heavy atom. The van der Waals surface area contributed by atoms with Gasteiger partial charge in [-0.05, 0) is 19.1 Å². The molecule has 0 aromatic carbocycles. The summed E-state index contributed by atoms with van der Waals surface area (Å²) in [6.07, 6.45) is 1.55. The molecule has 1 aromatic rings. The van der Waals surface area contributed by atoms with Crippen LogP contribution in [-0.4, -0.2) is 44.7 Å². The lowest BCUT2D eigenvalue weighted by Crippen LogP contribution is -2.46. The predicted molar refractivity (Wildman–Crippen MR) is 72.9 cm³/mol. The average Bonchev–Trinajstić information content (AvgIpc) is 2.95. The van der Waals surface area contributed by atoms with Gasteiger partial charge in [0.15, 0.2) is 0 Å². The van der Waals surface area contributed by atoms with Crippen molar-refractivity contribution in [1.82, 2.24) is 16.0 Å². The van der Waals surface area contributed by atoms with E-state index in [1.807, 2.05) is 0 Å². The summed E-state index contributed by atoms with van der Waals surface area (Å²) in [6.45, 7) is 3.03. The monoisotopic (exact) mass is 283 g/mol. The molecule has 0 bridgehead atoms. The van der Waals surface area contributed by atoms with Gasteiger partial charge in [0.05, 0.1) is 32.0 Å². The first kappa shape index (κ1) is 16.2. The largest absolute Gasteiger partial charge is 0.467 e. The average molecular weight is 283 g/mol. The van der Waals surface area contributed by atoms with Gasteiger partial charge in [-0.25, -0.2) is 0 Å². The number of ether oxygens (including phenoxy) is 1. The first-order valence-corrected chi connectivity index (χ1v) is 6.42. The third-order valence-electron chi connectivity index (χ3n) is 2.61. The molecular weight excluding hydrogens is 262 g/mol. The maximum absolute atomic E-state index is 11.7. The molecule has 0 saturated carbocycles. The number of rotatable bonds is 9. The van der Waals surface area contributed by atoms with Crippen LogP contribution < -0.4 is 16.0 Å². The lowest BCUT2D eigenvalue weighted by Gasteiger charge is -2.13. The fourth-order valence-electron chi connectivity index (χ4n) is 1.43. The van der Waals surface area contributed by atoms with Crippen molar-refractivity contribution in [2.75, 3.05) is 26.8 Å². The van der Waals surface area contributed by atoms with Gasteiger partial charge in [0.1, 0.15) is 5.76 Å². The third-order valence-corrected chi connectivity index (χ3v) is 2.61. The molecule has 112 valence electrons. The summed E-state index contributed by atoms with van der Waals surface area (Å²) < 4.78 is 9.92. The first-order chi connectivity index (χ1) is 9.63. The maximum atomic E-state index is 11.7. The molecule has 1 rings (SSSR count). The van der Waals surface area contributed by atoms with Crippen molar-refractivity contribution in [1.29, 1.82) is 0 Å². The van der Waals surface area contributed by atoms with Gasteiger partial charge in [0, 0.05) is 13.7 Å². The second-order valence-corrected chi connectivity index (χ2v) is 4.24. The van der Waals surface area contributed by atoms with Gasteiger partial charge in [-0.15, -0.1) is 0 Å². The third kappa shape index (κ3) is 6.35. The zero-order valence-corrected chi connectivity index (χ0v) is 11.8. The summed E-state index contributed by atoms with van der Waals surface area (Å²) in [5.74, 6) is 0.321. The van der Waals surface area contributed by atoms with E-state index in [-0.39, 0.29) is 18.4 Å². The molecule has 1 heterocycles. The van der Waals surface area contributed by atoms with E-state index in [2.05, 4.69) is 16.0 Å². The number of carbonyl (C=O) groups excluding carboxylic acids is 2. The number of nitrogens with one attached hydrogen (secondary N) is 3. The van der Waals surface area contributed by atoms with E-state index >= 15 is 0 Å². The van der Waals surface area contributed by atoms with Gasteiger partial charge in [0.25, 0.3) is 0 Å². The summed E-state index contributed by atoms with van der Waals surface area (Å²) >= 11 is 0. The summed E-state index contributed by atoms with van der Waals surface area (Å²) in [6, 6.07) is 3.08. The van der Waals surface area contributed by atoms with Crippen LogP contribution in [0, 0.1) is 0 Å². The topological polar surface area (TPSA) is 92.6 Å². The zero-order valence-electron chi connectivity index (χ0n) is 11.8. The lowest BCUT2D eigenvalue weighted by atomic mass is 10.3. The molecule has 7 heteroatoms. The van der Waals surface area contributed by atoms with Crippen LogP contribution in [0.5, 0.6) is 0 Å². The van der Waals surface area contributed by atoms with E-state index in [1.54, 1.807) is 32.4 Å². The van der Waals surface area contributed by atoms with Gasteiger partial charge in [0.2, 0.25) is 11.8 Å². The van der Waals surface area contributed by atoms with Crippen LogP contribution in [-0.2, 0) is 20.9 Å². The molecule has 2 amide bonds. The van der Waals surface area contributed by atoms with E-state index in [9.17, 15) is 9.59 Å². The van der Waals surface area contributed by atoms with E-state index in [0.717, 1.165) is 0 Å². The number of methoxy groups -OCH3 is 1. The Kier molecular flexibility index (Phi) is 7.38. The number of amides is 2. The van der Waals surface area contributed by atoms with Crippen LogP contribution >= 0.6 is 0 Å². The minimum absolute atomic E-state index is 0.0824. The minimum atomic E-state index is -0.460. The van der Waals surface area contributed by atoms with Crippen LogP contribution in [0.25, 0.3) is 0 Å². The molecule has 1 atom stereocenters. The highest BCUT2D eigenvalue weighted by atomic mass is 16.5. The van der Waals surface area contributed by atoms with Crippen molar-refractivity contribution >= 4 is 11.8 Å². The molecule has 0 saturated heterocycles. The Bertz CT molecular complexity index is 406. The van der Waals surface area contributed by atoms with E-state index in [1.165, 1.54) is 0 Å². The van der Waals surface area contributed by atoms with Gasteiger partial charge in [-0.2, -0.15) is 0 Å². The number of carbonyl (C=O) groups is 2. The quantitative estimate of drug-likeness (QED) is 0.538. The van der Waals surface area contributed by atoms with E-state index in [0.29, 0.717) is 25.5 Å². The van der Waals surface area contributed by atoms with Gasteiger partial charge in [-0.3, -0.25) is 14.9 Å². The van der Waals surface area contributed by atoms with Crippen LogP contribution in [0.4, 0.5) is 0 Å². The normalized spacial score (nSPS) is 11.9. The molecule has 20 heavy (non-hydrogen) atoms. The van der Waals surface area contributed by atoms with E-state index in [4.69, 9.17) is 9.15 Å². The molecule has 0 spiro atoms. The molecule has 1 aromatic heterocycles. The first-order valence-electron chi connectivity index (χ1n) is 6.42. The summed E-state index contributed by atoms with van der Waals surface area (Å²) in [5, 5.41) is 8.22. The van der Waals surface area contributed by atoms with Crippen molar-refractivity contribution in [3.05, 3.63) is 24.2 Å². The molecule has 7 nitrogen and oxygen atoms in total. The molecule has 3 N–H and O–H groups in total. The van der Waals surface area contributed by atoms with E-state index < -0.39 is 6.04 Å². The van der Waals surface area contributed by atoms with Crippen LogP contribution in [0.15, 0.2) is 22.8 Å². The molecule has 1 unspecified atom stereocenters. The lowest BCUT2D eigenvalue weighted by molar-refractivity contribution is -0.123. The molecule has 0 fully saturated rings. The molecule has 0 radical (unpaired) electrons. The summed E-state index contributed by atoms with van der Waals surface area (Å²) in [7, 11) is 1.57. The standard InChI is InChI=1S/C13H21N3O4/c1-10(15-9-12(17)14-5-7-19-2)13(18)16-8-11-4-3-6-20-11/h3-4,6,10,15H,5,7-9H2,1-2H3,(H,14,17)(H,16,18). The van der Waals surface area contributed by atoms with Crippen molar-refractivity contribution in [3.63, 3.8) is 0 Å². The number of furan rings is 1. The summed E-state index contributed by atoms with van der Waals surface area (Å²) in [5.41, 5.74) is 0. The fraction of sp³-hybridized carbons (Fsp3) is 0.538. The van der Waals surface area contributed by atoms with Crippen LogP contribution in [0.3, 0.4) is 0 Å². The molecule has 0 aliphatic carbocycles. The Hall–Kier alpha value is -1.86. The Labute approximate surface area is 118 Å². The van der Waals surface area contributed by atoms with Crippen molar-refractivity contribution in [3.8, 4) is 0 Å². The minimum Gasteiger partial charge on any atom is -0.467 e. The number of hydrogen-bond donors (Lipinski definition) is 3. The SMILES string of the molecule is COCCNC(=O)CNC(C)C(=O)NCc1ccco1. The highest BCUT2D eigenvalue weighted by Crippen LogP contribution is 1.98. The van der Waals surface area contributed by atoms with Gasteiger partial charge in [-0.1, -0.05) is 0 Å². The van der Waals surface area contributed by atoms with Crippen molar-refractivity contribution < 1.29 is 18.7 Å². The fourth-order valence-corrected chi connectivity index (χ4v) is 1.43. The molecule has 0 aliphatic heterocycles. The van der Waals surface area contributed by atoms with Gasteiger partial charge >= 0.3 is 0 Å². The van der Waals surface area contributed by atoms with Crippen molar-refractivity contribution in [2.24, 2.45) is 0 Å². The smallest absolute Gasteiger partial charge is 0.237 e. The second-order valence-electron chi connectivity index (χ2n) is 4.24. The molecule has 0 aliphatic rings. The second kappa shape index (κ2) is 9.11. The van der Waals surface area contributed by atoms with Crippen LogP contribution in [0.1, 0.15) is 12.7 Å². The van der Waals surface area contributed by atoms with Crippen molar-refractivity contribution in [2.45, 2.75) is 19.5 Å². The highest BCUT2D eigenvalue weighted by molar-refractivity contribution is 5.83.